The van der Waals surface area contributed by atoms with Crippen molar-refractivity contribution in [3.05, 3.63) is 71.8 Å². The summed E-state index contributed by atoms with van der Waals surface area (Å²) in [5.74, 6) is 3.81. The number of hydrogen-bond donors (Lipinski definition) is 2. The van der Waals surface area contributed by atoms with Crippen LogP contribution in [0, 0.1) is 40.4 Å². The summed E-state index contributed by atoms with van der Waals surface area (Å²) in [6.45, 7) is 7.85. The zero-order valence-electron chi connectivity index (χ0n) is 24.7. The summed E-state index contributed by atoms with van der Waals surface area (Å²) < 4.78 is 0. The lowest BCUT2D eigenvalue weighted by Gasteiger charge is -2.62. The predicted molar refractivity (Wildman–Crippen MR) is 161 cm³/mol. The highest BCUT2D eigenvalue weighted by Crippen LogP contribution is 2.68. The minimum absolute atomic E-state index is 0.201. The molecule has 9 atom stereocenters. The molecule has 212 valence electrons. The lowest BCUT2D eigenvalue weighted by molar-refractivity contribution is -0.131. The quantitative estimate of drug-likeness (QED) is 0.377. The van der Waals surface area contributed by atoms with Crippen molar-refractivity contribution in [2.75, 3.05) is 13.6 Å². The Morgan fingerprint density at radius 3 is 2.31 bits per heavy atom. The van der Waals surface area contributed by atoms with Crippen LogP contribution in [0.3, 0.4) is 0 Å². The molecular formula is C36H52N2O. The molecule has 0 aromatic heterocycles. The van der Waals surface area contributed by atoms with E-state index in [9.17, 15) is 5.11 Å². The first kappa shape index (κ1) is 27.5. The second kappa shape index (κ2) is 11.3. The standard InChI is InChI=1S/C36H52N2O/c1-26(39)32-16-17-34-31-15-14-29-22-30(38(3)24-28-12-8-5-9-13-28)18-20-35(29,2)33(31)19-21-36(32,34)25-37-23-27-10-6-4-7-11-27/h4-13,26,29-34,37,39H,14-25H2,1-3H3/t26?,29?,30?,31-,32-,33+,34+,35+,36+/m1/s1. The molecule has 0 bridgehead atoms. The molecule has 0 saturated heterocycles. The fourth-order valence-corrected chi connectivity index (χ4v) is 10.6. The number of benzene rings is 2. The molecule has 4 aliphatic carbocycles. The van der Waals surface area contributed by atoms with Gasteiger partial charge in [-0.25, -0.2) is 0 Å². The first-order chi connectivity index (χ1) is 18.9. The van der Waals surface area contributed by atoms with Gasteiger partial charge in [0.05, 0.1) is 6.10 Å². The van der Waals surface area contributed by atoms with E-state index >= 15 is 0 Å². The molecule has 6 rings (SSSR count). The van der Waals surface area contributed by atoms with Crippen LogP contribution < -0.4 is 5.32 Å². The fourth-order valence-electron chi connectivity index (χ4n) is 10.6. The molecule has 4 saturated carbocycles. The Bertz CT molecular complexity index is 1070. The Balaban J connectivity index is 1.15. The van der Waals surface area contributed by atoms with Gasteiger partial charge in [0.1, 0.15) is 0 Å². The van der Waals surface area contributed by atoms with Gasteiger partial charge in [0.2, 0.25) is 0 Å². The van der Waals surface area contributed by atoms with E-state index in [1.807, 2.05) is 0 Å². The number of aliphatic hydroxyl groups excluding tert-OH is 1. The highest BCUT2D eigenvalue weighted by molar-refractivity contribution is 5.17. The number of aliphatic hydroxyl groups is 1. The smallest absolute Gasteiger partial charge is 0.0546 e. The Hall–Kier alpha value is -1.68. The highest BCUT2D eigenvalue weighted by atomic mass is 16.3. The summed E-state index contributed by atoms with van der Waals surface area (Å²) in [6, 6.07) is 22.6. The monoisotopic (exact) mass is 528 g/mol. The molecule has 39 heavy (non-hydrogen) atoms. The van der Waals surface area contributed by atoms with Gasteiger partial charge in [-0.3, -0.25) is 4.90 Å². The topological polar surface area (TPSA) is 35.5 Å². The lowest BCUT2D eigenvalue weighted by atomic mass is 9.44. The molecule has 3 nitrogen and oxygen atoms in total. The largest absolute Gasteiger partial charge is 0.393 e. The zero-order valence-corrected chi connectivity index (χ0v) is 24.7. The second-order valence-electron chi connectivity index (χ2n) is 14.3. The zero-order chi connectivity index (χ0) is 27.0. The molecule has 0 heterocycles. The van der Waals surface area contributed by atoms with Crippen LogP contribution in [0.4, 0.5) is 0 Å². The van der Waals surface area contributed by atoms with Crippen molar-refractivity contribution in [2.45, 2.75) is 96.9 Å². The van der Waals surface area contributed by atoms with Crippen LogP contribution in [0.25, 0.3) is 0 Å². The SMILES string of the molecule is CC(O)[C@H]1CC[C@H]2[C@@H]3CCC4CC(N(C)Cc5ccccc5)CC[C@]4(C)[C@H]3CC[C@]12CNCc1ccccc1. The van der Waals surface area contributed by atoms with Crippen LogP contribution in [-0.2, 0) is 13.1 Å². The Kier molecular flexibility index (Phi) is 7.96. The van der Waals surface area contributed by atoms with Gasteiger partial charge in [-0.2, -0.15) is 0 Å². The maximum absolute atomic E-state index is 11.0. The molecule has 3 unspecified atom stereocenters. The van der Waals surface area contributed by atoms with Crippen LogP contribution in [0.5, 0.6) is 0 Å². The Labute approximate surface area is 237 Å². The van der Waals surface area contributed by atoms with Crippen LogP contribution in [0.1, 0.15) is 82.8 Å². The van der Waals surface area contributed by atoms with E-state index in [4.69, 9.17) is 0 Å². The van der Waals surface area contributed by atoms with E-state index in [0.717, 1.165) is 49.3 Å². The molecule has 2 N–H and O–H groups in total. The molecule has 4 aliphatic rings. The Morgan fingerprint density at radius 2 is 1.59 bits per heavy atom. The predicted octanol–water partition coefficient (Wildman–Crippen LogP) is 7.30. The Morgan fingerprint density at radius 1 is 0.872 bits per heavy atom. The third kappa shape index (κ3) is 5.13. The van der Waals surface area contributed by atoms with E-state index < -0.39 is 0 Å². The molecule has 2 aromatic rings. The van der Waals surface area contributed by atoms with Gasteiger partial charge >= 0.3 is 0 Å². The molecule has 0 amide bonds. The van der Waals surface area contributed by atoms with E-state index in [1.54, 1.807) is 0 Å². The van der Waals surface area contributed by atoms with Gasteiger partial charge in [-0.1, -0.05) is 67.6 Å². The summed E-state index contributed by atoms with van der Waals surface area (Å²) >= 11 is 0. The fraction of sp³-hybridized carbons (Fsp3) is 0.667. The number of fused-ring (bicyclic) bond motifs is 5. The van der Waals surface area contributed by atoms with Gasteiger partial charge in [0, 0.05) is 25.7 Å². The van der Waals surface area contributed by atoms with Crippen molar-refractivity contribution in [1.29, 1.82) is 0 Å². The van der Waals surface area contributed by atoms with Gasteiger partial charge in [-0.15, -0.1) is 0 Å². The summed E-state index contributed by atoms with van der Waals surface area (Å²) in [7, 11) is 2.36. The molecule has 2 aromatic carbocycles. The molecule has 0 aliphatic heterocycles. The summed E-state index contributed by atoms with van der Waals surface area (Å²) in [5.41, 5.74) is 3.57. The van der Waals surface area contributed by atoms with Crippen molar-refractivity contribution in [3.8, 4) is 0 Å². The van der Waals surface area contributed by atoms with Crippen molar-refractivity contribution in [3.63, 3.8) is 0 Å². The minimum atomic E-state index is -0.201. The third-order valence-electron chi connectivity index (χ3n) is 12.5. The normalized spacial score (nSPS) is 38.6. The van der Waals surface area contributed by atoms with Crippen LogP contribution in [-0.4, -0.2) is 35.7 Å². The van der Waals surface area contributed by atoms with Gasteiger partial charge < -0.3 is 10.4 Å². The van der Waals surface area contributed by atoms with E-state index in [0.29, 0.717) is 11.3 Å². The minimum Gasteiger partial charge on any atom is -0.393 e. The van der Waals surface area contributed by atoms with Crippen LogP contribution >= 0.6 is 0 Å². The molecule has 4 fully saturated rings. The number of rotatable bonds is 8. The summed E-state index contributed by atoms with van der Waals surface area (Å²) in [4.78, 5) is 2.65. The third-order valence-corrected chi connectivity index (χ3v) is 12.5. The number of hydrogen-bond acceptors (Lipinski definition) is 3. The van der Waals surface area contributed by atoms with E-state index in [1.165, 1.54) is 68.9 Å². The number of nitrogens with zero attached hydrogens (tertiary/aromatic N) is 1. The average molecular weight is 529 g/mol. The maximum atomic E-state index is 11.0. The average Bonchev–Trinajstić information content (AvgIpc) is 3.34. The molecule has 0 radical (unpaired) electrons. The van der Waals surface area contributed by atoms with Gasteiger partial charge in [-0.05, 0) is 123 Å². The van der Waals surface area contributed by atoms with E-state index in [-0.39, 0.29) is 11.5 Å². The summed E-state index contributed by atoms with van der Waals surface area (Å²) in [6.07, 6.45) is 12.0. The second-order valence-corrected chi connectivity index (χ2v) is 14.3. The maximum Gasteiger partial charge on any atom is 0.0546 e. The molecule has 0 spiro atoms. The van der Waals surface area contributed by atoms with Crippen LogP contribution in [0.15, 0.2) is 60.7 Å². The first-order valence-corrected chi connectivity index (χ1v) is 16.1. The number of nitrogens with one attached hydrogen (secondary N) is 1. The van der Waals surface area contributed by atoms with E-state index in [2.05, 4.69) is 91.8 Å². The van der Waals surface area contributed by atoms with Crippen molar-refractivity contribution in [2.24, 2.45) is 40.4 Å². The van der Waals surface area contributed by atoms with Crippen LogP contribution in [0.2, 0.25) is 0 Å². The summed E-state index contributed by atoms with van der Waals surface area (Å²) in [5, 5.41) is 14.9. The van der Waals surface area contributed by atoms with Crippen molar-refractivity contribution in [1.82, 2.24) is 10.2 Å². The lowest BCUT2D eigenvalue weighted by Crippen LogP contribution is -2.57. The molecule has 3 heteroatoms. The first-order valence-electron chi connectivity index (χ1n) is 16.1. The molecular weight excluding hydrogens is 476 g/mol. The van der Waals surface area contributed by atoms with Crippen molar-refractivity contribution >= 4 is 0 Å². The van der Waals surface area contributed by atoms with Crippen molar-refractivity contribution < 1.29 is 5.11 Å². The highest BCUT2D eigenvalue weighted by Gasteiger charge is 2.62. The van der Waals surface area contributed by atoms with Gasteiger partial charge in [0.25, 0.3) is 0 Å². The van der Waals surface area contributed by atoms with Gasteiger partial charge in [0.15, 0.2) is 0 Å².